The van der Waals surface area contributed by atoms with Gasteiger partial charge in [0.1, 0.15) is 8.15 Å². The van der Waals surface area contributed by atoms with E-state index in [0.717, 1.165) is 12.8 Å². The molecule has 2 aromatic rings. The van der Waals surface area contributed by atoms with Gasteiger partial charge in [-0.1, -0.05) is 0 Å². The Bertz CT molecular complexity index is 929. The molecule has 9 heteroatoms. The van der Waals surface area contributed by atoms with Crippen molar-refractivity contribution in [2.24, 2.45) is 0 Å². The van der Waals surface area contributed by atoms with Crippen molar-refractivity contribution in [3.05, 3.63) is 47.5 Å². The first-order valence-electron chi connectivity index (χ1n) is 9.36. The Morgan fingerprint density at radius 3 is 2.20 bits per heavy atom. The number of rotatable bonds is 6. The lowest BCUT2D eigenvalue weighted by atomic mass is 10.2. The molecule has 2 atom stereocenters. The van der Waals surface area contributed by atoms with Crippen molar-refractivity contribution in [1.82, 2.24) is 0 Å². The summed E-state index contributed by atoms with van der Waals surface area (Å²) in [6.07, 6.45) is 1.70. The Kier molecular flexibility index (Phi) is 7.13. The average Bonchev–Trinajstić information content (AvgIpc) is 2.99. The number of phenolic OH excluding ortho intramolecular Hbond substituents is 2. The molecule has 1 aliphatic rings. The molecule has 3 rings (SSSR count). The highest BCUT2D eigenvalue weighted by atomic mass is 31.1. The van der Waals surface area contributed by atoms with E-state index in [2.05, 4.69) is 0 Å². The summed E-state index contributed by atoms with van der Waals surface area (Å²) in [5, 5.41) is 19.4. The van der Waals surface area contributed by atoms with Gasteiger partial charge in [-0.15, -0.1) is 0 Å². The van der Waals surface area contributed by atoms with Crippen LogP contribution < -0.4 is 9.47 Å². The first-order chi connectivity index (χ1) is 14.4. The van der Waals surface area contributed by atoms with Gasteiger partial charge in [0, 0.05) is 12.0 Å². The van der Waals surface area contributed by atoms with Crippen molar-refractivity contribution in [2.75, 3.05) is 20.4 Å². The van der Waals surface area contributed by atoms with E-state index in [1.54, 1.807) is 0 Å². The highest BCUT2D eigenvalue weighted by molar-refractivity contribution is 7.71. The fourth-order valence-corrected chi connectivity index (χ4v) is 4.76. The lowest BCUT2D eigenvalue weighted by Crippen LogP contribution is -2.20. The fourth-order valence-electron chi connectivity index (χ4n) is 2.99. The molecular weight excluding hydrogens is 411 g/mol. The normalized spacial score (nSPS) is 18.9. The van der Waals surface area contributed by atoms with Crippen molar-refractivity contribution in [1.29, 1.82) is 0 Å². The summed E-state index contributed by atoms with van der Waals surface area (Å²) in [6, 6.07) is 8.53. The van der Waals surface area contributed by atoms with Gasteiger partial charge in [0.25, 0.3) is 0 Å². The minimum Gasteiger partial charge on any atom is -0.504 e. The molecule has 1 saturated heterocycles. The zero-order chi connectivity index (χ0) is 21.7. The number of methoxy groups -OCH3 is 2. The molecule has 0 saturated carbocycles. The van der Waals surface area contributed by atoms with E-state index >= 15 is 0 Å². The summed E-state index contributed by atoms with van der Waals surface area (Å²) >= 11 is 0. The number of carbonyl (C=O) groups excluding carboxylic acids is 2. The molecule has 2 N–H and O–H groups in total. The van der Waals surface area contributed by atoms with Gasteiger partial charge in [0.2, 0.25) is 11.8 Å². The lowest BCUT2D eigenvalue weighted by molar-refractivity contribution is -0.0454. The Morgan fingerprint density at radius 2 is 1.57 bits per heavy atom. The largest absolute Gasteiger partial charge is 0.504 e. The number of ether oxygens (including phenoxy) is 3. The topological polar surface area (TPSA) is 112 Å². The van der Waals surface area contributed by atoms with E-state index < -0.39 is 20.4 Å². The molecule has 0 amide bonds. The second-order valence-electron chi connectivity index (χ2n) is 6.62. The maximum absolute atomic E-state index is 12.9. The van der Waals surface area contributed by atoms with E-state index in [-0.39, 0.29) is 34.1 Å². The fraction of sp³-hybridized carbons (Fsp3) is 0.333. The number of hydrogen-bond donors (Lipinski definition) is 2. The van der Waals surface area contributed by atoms with Gasteiger partial charge >= 0.3 is 5.97 Å². The standard InChI is InChI=1S/C21H23O8P/c1-26-17-11-13(6-8-15(17)22)20(24)28-19-5-3-4-10-30(29-19)21(25)14-7-9-16(23)18(12-14)27-2/h6-9,11-12,19,22-23H,3-5,10H2,1-2H3. The van der Waals surface area contributed by atoms with Gasteiger partial charge in [-0.25, -0.2) is 4.79 Å². The number of hydrogen-bond acceptors (Lipinski definition) is 8. The Balaban J connectivity index is 1.71. The summed E-state index contributed by atoms with van der Waals surface area (Å²) in [5.41, 5.74) is 0.361. The molecule has 2 unspecified atom stereocenters. The minimum atomic E-state index is -1.53. The molecule has 0 bridgehead atoms. The van der Waals surface area contributed by atoms with Crippen LogP contribution in [0, 0.1) is 0 Å². The molecule has 0 radical (unpaired) electrons. The van der Waals surface area contributed by atoms with Gasteiger partial charge in [0.15, 0.2) is 23.0 Å². The maximum Gasteiger partial charge on any atom is 0.340 e. The molecule has 1 heterocycles. The van der Waals surface area contributed by atoms with Crippen molar-refractivity contribution in [3.8, 4) is 23.0 Å². The molecule has 160 valence electrons. The Labute approximate surface area is 175 Å². The van der Waals surface area contributed by atoms with Crippen LogP contribution in [0.5, 0.6) is 23.0 Å². The van der Waals surface area contributed by atoms with Crippen molar-refractivity contribution < 1.29 is 38.5 Å². The van der Waals surface area contributed by atoms with E-state index in [9.17, 15) is 19.8 Å². The highest BCUT2D eigenvalue weighted by Gasteiger charge is 2.30. The van der Waals surface area contributed by atoms with Crippen molar-refractivity contribution >= 4 is 19.6 Å². The molecule has 8 nitrogen and oxygen atoms in total. The third-order valence-corrected chi connectivity index (χ3v) is 6.53. The Morgan fingerprint density at radius 1 is 0.967 bits per heavy atom. The smallest absolute Gasteiger partial charge is 0.340 e. The van der Waals surface area contributed by atoms with Gasteiger partial charge < -0.3 is 28.9 Å². The van der Waals surface area contributed by atoms with Gasteiger partial charge in [-0.05, 0) is 55.4 Å². The monoisotopic (exact) mass is 434 g/mol. The summed E-state index contributed by atoms with van der Waals surface area (Å²) in [4.78, 5) is 25.4. The van der Waals surface area contributed by atoms with Gasteiger partial charge in [-0.2, -0.15) is 0 Å². The van der Waals surface area contributed by atoms with Crippen LogP contribution in [0.1, 0.15) is 40.0 Å². The van der Waals surface area contributed by atoms with E-state index in [1.807, 2.05) is 0 Å². The van der Waals surface area contributed by atoms with Crippen molar-refractivity contribution in [3.63, 3.8) is 0 Å². The summed E-state index contributed by atoms with van der Waals surface area (Å²) in [7, 11) is 1.26. The van der Waals surface area contributed by atoms with Crippen molar-refractivity contribution in [2.45, 2.75) is 25.6 Å². The number of phenols is 2. The van der Waals surface area contributed by atoms with Gasteiger partial charge in [0.05, 0.1) is 19.8 Å². The molecule has 1 fully saturated rings. The van der Waals surface area contributed by atoms with Gasteiger partial charge in [-0.3, -0.25) is 4.79 Å². The van der Waals surface area contributed by atoms with Crippen LogP contribution >= 0.6 is 8.15 Å². The van der Waals surface area contributed by atoms with E-state index in [4.69, 9.17) is 18.7 Å². The molecule has 0 aliphatic carbocycles. The molecule has 1 aliphatic heterocycles. The number of carbonyl (C=O) groups is 2. The zero-order valence-electron chi connectivity index (χ0n) is 16.7. The van der Waals surface area contributed by atoms with Crippen LogP contribution in [0.25, 0.3) is 0 Å². The summed E-state index contributed by atoms with van der Waals surface area (Å²) in [6.45, 7) is 0. The maximum atomic E-state index is 12.9. The molecule has 30 heavy (non-hydrogen) atoms. The minimum absolute atomic E-state index is 0.0558. The molecular formula is C21H23O8P. The molecule has 2 aromatic carbocycles. The summed E-state index contributed by atoms with van der Waals surface area (Å²) < 4.78 is 21.4. The SMILES string of the molecule is COc1cc(C(=O)OC2CCCCP(C(=O)c3ccc(O)c(OC)c3)O2)ccc1O. The molecule has 0 aromatic heterocycles. The van der Waals surface area contributed by atoms with E-state index in [1.165, 1.54) is 50.6 Å². The average molecular weight is 434 g/mol. The highest BCUT2D eigenvalue weighted by Crippen LogP contribution is 2.47. The Hall–Kier alpha value is -2.83. The summed E-state index contributed by atoms with van der Waals surface area (Å²) in [5.74, 6) is -0.410. The zero-order valence-corrected chi connectivity index (χ0v) is 17.6. The number of benzene rings is 2. The lowest BCUT2D eigenvalue weighted by Gasteiger charge is -2.21. The first kappa shape index (κ1) is 21.9. The first-order valence-corrected chi connectivity index (χ1v) is 10.8. The number of aromatic hydroxyl groups is 2. The molecule has 0 spiro atoms. The number of esters is 1. The van der Waals surface area contributed by atoms with Crippen LogP contribution in [0.4, 0.5) is 0 Å². The third-order valence-electron chi connectivity index (χ3n) is 4.60. The van der Waals surface area contributed by atoms with Crippen LogP contribution in [0.15, 0.2) is 36.4 Å². The second-order valence-corrected chi connectivity index (χ2v) is 8.44. The predicted molar refractivity (Wildman–Crippen MR) is 110 cm³/mol. The van der Waals surface area contributed by atoms with E-state index in [0.29, 0.717) is 18.1 Å². The second kappa shape index (κ2) is 9.78. The quantitative estimate of drug-likeness (QED) is 0.518. The van der Waals surface area contributed by atoms with Crippen LogP contribution in [0.2, 0.25) is 0 Å². The predicted octanol–water partition coefficient (Wildman–Crippen LogP) is 4.04. The van der Waals surface area contributed by atoms with Crippen LogP contribution in [-0.4, -0.2) is 48.4 Å². The van der Waals surface area contributed by atoms with Crippen LogP contribution in [-0.2, 0) is 9.26 Å². The van der Waals surface area contributed by atoms with Crippen LogP contribution in [0.3, 0.4) is 0 Å². The third kappa shape index (κ3) is 5.01.